The second-order valence-corrected chi connectivity index (χ2v) is 6.65. The van der Waals surface area contributed by atoms with E-state index in [-0.39, 0.29) is 16.8 Å². The summed E-state index contributed by atoms with van der Waals surface area (Å²) in [6.07, 6.45) is 0. The molecular formula is C22H16N4O2. The van der Waals surface area contributed by atoms with Crippen molar-refractivity contribution in [2.45, 2.75) is 6.54 Å². The van der Waals surface area contributed by atoms with Crippen molar-refractivity contribution in [1.82, 2.24) is 19.7 Å². The molecule has 0 saturated heterocycles. The monoisotopic (exact) mass is 368 g/mol. The van der Waals surface area contributed by atoms with E-state index < -0.39 is 0 Å². The number of aromatic amines is 2. The van der Waals surface area contributed by atoms with Crippen molar-refractivity contribution in [2.24, 2.45) is 0 Å². The SMILES string of the molecule is O=c1[nH]c2ccccc2nc1-c1cccc2c(=O)n(Cc3ccccc3)[nH]c12. The fourth-order valence-corrected chi connectivity index (χ4v) is 3.47. The minimum atomic E-state index is -0.289. The van der Waals surface area contributed by atoms with Gasteiger partial charge in [-0.15, -0.1) is 0 Å². The van der Waals surface area contributed by atoms with E-state index in [1.165, 1.54) is 0 Å². The lowest BCUT2D eigenvalue weighted by Crippen LogP contribution is -2.17. The van der Waals surface area contributed by atoms with Gasteiger partial charge in [-0.25, -0.2) is 9.67 Å². The van der Waals surface area contributed by atoms with E-state index in [4.69, 9.17) is 0 Å². The van der Waals surface area contributed by atoms with Crippen molar-refractivity contribution < 1.29 is 0 Å². The van der Waals surface area contributed by atoms with Crippen LogP contribution >= 0.6 is 0 Å². The molecule has 0 amide bonds. The van der Waals surface area contributed by atoms with Crippen LogP contribution in [0.3, 0.4) is 0 Å². The van der Waals surface area contributed by atoms with Crippen LogP contribution in [0.4, 0.5) is 0 Å². The van der Waals surface area contributed by atoms with Crippen molar-refractivity contribution in [3.05, 3.63) is 99.1 Å². The number of aromatic nitrogens is 4. The lowest BCUT2D eigenvalue weighted by molar-refractivity contribution is 0.672. The maximum atomic E-state index is 12.8. The highest BCUT2D eigenvalue weighted by Crippen LogP contribution is 2.23. The maximum Gasteiger partial charge on any atom is 0.275 e. The molecule has 3 aromatic carbocycles. The topological polar surface area (TPSA) is 83.5 Å². The number of H-pyrrole nitrogens is 2. The molecule has 5 rings (SSSR count). The molecule has 2 heterocycles. The first kappa shape index (κ1) is 16.3. The van der Waals surface area contributed by atoms with Crippen LogP contribution in [0.15, 0.2) is 82.4 Å². The number of nitrogens with zero attached hydrogens (tertiary/aromatic N) is 2. The molecule has 0 aliphatic carbocycles. The number of hydrogen-bond donors (Lipinski definition) is 2. The first-order valence-corrected chi connectivity index (χ1v) is 8.95. The van der Waals surface area contributed by atoms with Crippen molar-refractivity contribution in [1.29, 1.82) is 0 Å². The summed E-state index contributed by atoms with van der Waals surface area (Å²) < 4.78 is 1.55. The Kier molecular flexibility index (Phi) is 3.69. The molecule has 0 saturated carbocycles. The number of hydrogen-bond acceptors (Lipinski definition) is 3. The van der Waals surface area contributed by atoms with Gasteiger partial charge in [0.15, 0.2) is 0 Å². The van der Waals surface area contributed by atoms with E-state index in [0.717, 1.165) is 5.56 Å². The largest absolute Gasteiger partial charge is 0.319 e. The Labute approximate surface area is 159 Å². The second kappa shape index (κ2) is 6.35. The lowest BCUT2D eigenvalue weighted by Gasteiger charge is -2.04. The van der Waals surface area contributed by atoms with Crippen LogP contribution in [0.25, 0.3) is 33.2 Å². The number of benzene rings is 3. The van der Waals surface area contributed by atoms with Gasteiger partial charge in [-0.05, 0) is 23.8 Å². The van der Waals surface area contributed by atoms with Crippen molar-refractivity contribution in [3.63, 3.8) is 0 Å². The van der Waals surface area contributed by atoms with Gasteiger partial charge in [-0.1, -0.05) is 54.6 Å². The van der Waals surface area contributed by atoms with Crippen LogP contribution in [0, 0.1) is 0 Å². The summed E-state index contributed by atoms with van der Waals surface area (Å²) >= 11 is 0. The molecule has 0 unspecified atom stereocenters. The molecule has 2 aromatic heterocycles. The Morgan fingerprint density at radius 2 is 1.64 bits per heavy atom. The molecule has 6 nitrogen and oxygen atoms in total. The fraction of sp³-hybridized carbons (Fsp3) is 0.0455. The lowest BCUT2D eigenvalue weighted by atomic mass is 10.1. The summed E-state index contributed by atoms with van der Waals surface area (Å²) in [5.41, 5.74) is 3.47. The smallest absolute Gasteiger partial charge is 0.275 e. The average Bonchev–Trinajstić information content (AvgIpc) is 3.04. The fourth-order valence-electron chi connectivity index (χ4n) is 3.47. The van der Waals surface area contributed by atoms with Gasteiger partial charge < -0.3 is 4.98 Å². The minimum absolute atomic E-state index is 0.127. The molecule has 5 aromatic rings. The molecule has 136 valence electrons. The highest BCUT2D eigenvalue weighted by Gasteiger charge is 2.15. The Balaban J connectivity index is 1.71. The van der Waals surface area contributed by atoms with E-state index in [1.807, 2.05) is 54.6 Å². The van der Waals surface area contributed by atoms with Gasteiger partial charge in [0.1, 0.15) is 5.69 Å². The zero-order valence-electron chi connectivity index (χ0n) is 14.8. The highest BCUT2D eigenvalue weighted by atomic mass is 16.1. The van der Waals surface area contributed by atoms with Crippen LogP contribution in [-0.2, 0) is 6.54 Å². The third-order valence-electron chi connectivity index (χ3n) is 4.82. The van der Waals surface area contributed by atoms with Gasteiger partial charge in [0.25, 0.3) is 11.1 Å². The Bertz CT molecular complexity index is 1430. The first-order valence-electron chi connectivity index (χ1n) is 8.95. The molecule has 0 aliphatic rings. The summed E-state index contributed by atoms with van der Waals surface area (Å²) in [6, 6.07) is 22.5. The van der Waals surface area contributed by atoms with Gasteiger partial charge in [-0.2, -0.15) is 0 Å². The number of fused-ring (bicyclic) bond motifs is 2. The van der Waals surface area contributed by atoms with Crippen LogP contribution in [-0.4, -0.2) is 19.7 Å². The number of para-hydroxylation sites is 3. The van der Waals surface area contributed by atoms with Crippen molar-refractivity contribution in [2.75, 3.05) is 0 Å². The molecular weight excluding hydrogens is 352 g/mol. The van der Waals surface area contributed by atoms with Crippen LogP contribution in [0.1, 0.15) is 5.56 Å². The number of nitrogens with one attached hydrogen (secondary N) is 2. The first-order chi connectivity index (χ1) is 13.7. The molecule has 6 heteroatoms. The van der Waals surface area contributed by atoms with E-state index in [1.54, 1.807) is 22.9 Å². The van der Waals surface area contributed by atoms with Crippen LogP contribution in [0.2, 0.25) is 0 Å². The Hall–Kier alpha value is -3.93. The Morgan fingerprint density at radius 1 is 0.857 bits per heavy atom. The standard InChI is InChI=1S/C22H16N4O2/c27-21-20(23-17-11-4-5-12-18(17)24-21)15-9-6-10-16-19(15)25-26(22(16)28)13-14-7-2-1-3-8-14/h1-12,25H,13H2,(H,24,27). The third-order valence-corrected chi connectivity index (χ3v) is 4.82. The number of rotatable bonds is 3. The molecule has 0 atom stereocenters. The maximum absolute atomic E-state index is 12.8. The van der Waals surface area contributed by atoms with Gasteiger partial charge in [-0.3, -0.25) is 14.7 Å². The highest BCUT2D eigenvalue weighted by molar-refractivity contribution is 5.93. The average molecular weight is 368 g/mol. The summed E-state index contributed by atoms with van der Waals surface area (Å²) in [5.74, 6) is 0. The quantitative estimate of drug-likeness (QED) is 0.513. The summed E-state index contributed by atoms with van der Waals surface area (Å²) in [7, 11) is 0. The molecule has 0 bridgehead atoms. The predicted octanol–water partition coefficient (Wildman–Crippen LogP) is 3.28. The van der Waals surface area contributed by atoms with E-state index >= 15 is 0 Å². The zero-order valence-corrected chi connectivity index (χ0v) is 14.8. The van der Waals surface area contributed by atoms with Gasteiger partial charge in [0, 0.05) is 5.56 Å². The van der Waals surface area contributed by atoms with Gasteiger partial charge in [0.2, 0.25) is 0 Å². The zero-order chi connectivity index (χ0) is 19.1. The van der Waals surface area contributed by atoms with Crippen molar-refractivity contribution >= 4 is 21.9 Å². The molecule has 0 fully saturated rings. The van der Waals surface area contributed by atoms with Gasteiger partial charge in [0.05, 0.1) is 28.5 Å². The normalized spacial score (nSPS) is 11.3. The van der Waals surface area contributed by atoms with Crippen molar-refractivity contribution in [3.8, 4) is 11.3 Å². The van der Waals surface area contributed by atoms with Crippen LogP contribution < -0.4 is 11.1 Å². The van der Waals surface area contributed by atoms with Crippen LogP contribution in [0.5, 0.6) is 0 Å². The summed E-state index contributed by atoms with van der Waals surface area (Å²) in [5, 5.41) is 3.70. The molecule has 2 N–H and O–H groups in total. The minimum Gasteiger partial charge on any atom is -0.319 e. The van der Waals surface area contributed by atoms with E-state index in [2.05, 4.69) is 15.1 Å². The third kappa shape index (κ3) is 2.63. The molecule has 28 heavy (non-hydrogen) atoms. The molecule has 0 radical (unpaired) electrons. The van der Waals surface area contributed by atoms with E-state index in [0.29, 0.717) is 34.0 Å². The van der Waals surface area contributed by atoms with Gasteiger partial charge >= 0.3 is 0 Å². The van der Waals surface area contributed by atoms with E-state index in [9.17, 15) is 9.59 Å². The molecule has 0 spiro atoms. The summed E-state index contributed by atoms with van der Waals surface area (Å²) in [4.78, 5) is 32.9. The summed E-state index contributed by atoms with van der Waals surface area (Å²) in [6.45, 7) is 0.426. The molecule has 0 aliphatic heterocycles. The Morgan fingerprint density at radius 3 is 2.50 bits per heavy atom. The predicted molar refractivity (Wildman–Crippen MR) is 109 cm³/mol. The second-order valence-electron chi connectivity index (χ2n) is 6.65.